The molecule has 1 heterocycles. The van der Waals surface area contributed by atoms with E-state index in [9.17, 15) is 4.79 Å². The van der Waals surface area contributed by atoms with Gasteiger partial charge in [-0.3, -0.25) is 9.28 Å². The van der Waals surface area contributed by atoms with Gasteiger partial charge in [0.25, 0.3) is 0 Å². The Labute approximate surface area is 193 Å². The Morgan fingerprint density at radius 2 is 1.48 bits per heavy atom. The molecule has 180 valence electrons. The van der Waals surface area contributed by atoms with Gasteiger partial charge in [0, 0.05) is 13.3 Å². The Morgan fingerprint density at radius 1 is 0.903 bits per heavy atom. The van der Waals surface area contributed by atoms with E-state index in [2.05, 4.69) is 31.3 Å². The average molecular weight is 435 g/mol. The fourth-order valence-electron chi connectivity index (χ4n) is 4.68. The third kappa shape index (κ3) is 13.1. The van der Waals surface area contributed by atoms with E-state index in [1.807, 2.05) is 0 Å². The number of hydrogen-bond donors (Lipinski definition) is 1. The number of likely N-dealkylation sites (N-methyl/N-ethyl adjacent to an activating group) is 1. The van der Waals surface area contributed by atoms with Gasteiger partial charge < -0.3 is 5.32 Å². The van der Waals surface area contributed by atoms with Crippen LogP contribution < -0.4 is 5.32 Å². The van der Waals surface area contributed by atoms with E-state index < -0.39 is 0 Å². The van der Waals surface area contributed by atoms with E-state index >= 15 is 0 Å². The lowest BCUT2D eigenvalue weighted by atomic mass is 10.1. The normalized spacial score (nSPS) is 18.6. The summed E-state index contributed by atoms with van der Waals surface area (Å²) < 4.78 is 0.993. The van der Waals surface area contributed by atoms with Gasteiger partial charge in [0.2, 0.25) is 5.91 Å². The molecular weight excluding hydrogens is 382 g/mol. The zero-order chi connectivity index (χ0) is 22.6. The first kappa shape index (κ1) is 27.9. The van der Waals surface area contributed by atoms with Crippen LogP contribution in [-0.4, -0.2) is 48.9 Å². The Balaban J connectivity index is 1.99. The molecule has 0 radical (unpaired) electrons. The monoisotopic (exact) mass is 434 g/mol. The van der Waals surface area contributed by atoms with Crippen molar-refractivity contribution >= 4 is 11.7 Å². The highest BCUT2D eigenvalue weighted by molar-refractivity contribution is 5.77. The van der Waals surface area contributed by atoms with Crippen LogP contribution in [-0.2, 0) is 4.79 Å². The molecule has 0 aromatic heterocycles. The Kier molecular flexibility index (Phi) is 16.6. The molecule has 1 aliphatic rings. The lowest BCUT2D eigenvalue weighted by molar-refractivity contribution is -0.833. The van der Waals surface area contributed by atoms with E-state index in [0.29, 0.717) is 0 Å². The fourth-order valence-corrected chi connectivity index (χ4v) is 4.68. The first-order chi connectivity index (χ1) is 15.1. The molecule has 1 unspecified atom stereocenters. The number of aliphatic imine (C=N–C) groups is 1. The quantitative estimate of drug-likeness (QED) is 0.128. The molecule has 1 N–H and O–H groups in total. The van der Waals surface area contributed by atoms with Crippen molar-refractivity contribution in [1.82, 2.24) is 5.32 Å². The van der Waals surface area contributed by atoms with Gasteiger partial charge in [-0.15, -0.1) is 0 Å². The molecule has 0 aromatic rings. The van der Waals surface area contributed by atoms with Crippen molar-refractivity contribution in [1.29, 1.82) is 0 Å². The standard InChI is InChI=1S/C27H51N3O/c1-4-6-7-8-9-10-11-12-13-14-15-16-17-18-19-20-21-27-29-23-25-30(27,5-2)24-22-28-26(3)31/h11-12H,4-10,13-25H2,1-3H3/p+1/b12-11+. The van der Waals surface area contributed by atoms with Crippen LogP contribution in [0.15, 0.2) is 17.1 Å². The van der Waals surface area contributed by atoms with Crippen molar-refractivity contribution in [2.45, 2.75) is 117 Å². The summed E-state index contributed by atoms with van der Waals surface area (Å²) in [5, 5.41) is 2.96. The summed E-state index contributed by atoms with van der Waals surface area (Å²) >= 11 is 0. The van der Waals surface area contributed by atoms with E-state index in [4.69, 9.17) is 4.99 Å². The number of unbranched alkanes of at least 4 members (excludes halogenated alkanes) is 12. The van der Waals surface area contributed by atoms with E-state index in [-0.39, 0.29) is 5.91 Å². The van der Waals surface area contributed by atoms with Crippen molar-refractivity contribution in [3.8, 4) is 0 Å². The summed E-state index contributed by atoms with van der Waals surface area (Å²) in [5.41, 5.74) is 0. The van der Waals surface area contributed by atoms with Crippen LogP contribution in [0.4, 0.5) is 0 Å². The number of nitrogens with one attached hydrogen (secondary N) is 1. The number of carbonyl (C=O) groups is 1. The van der Waals surface area contributed by atoms with Crippen molar-refractivity contribution in [3.05, 3.63) is 12.2 Å². The molecule has 0 aromatic carbocycles. The Bertz CT molecular complexity index is 515. The summed E-state index contributed by atoms with van der Waals surface area (Å²) in [6.45, 7) is 11.0. The molecular formula is C27H52N3O+. The summed E-state index contributed by atoms with van der Waals surface area (Å²) in [5.74, 6) is 1.45. The van der Waals surface area contributed by atoms with Crippen molar-refractivity contribution in [2.75, 3.05) is 32.7 Å². The molecule has 0 bridgehead atoms. The second kappa shape index (κ2) is 18.4. The predicted molar refractivity (Wildman–Crippen MR) is 136 cm³/mol. The van der Waals surface area contributed by atoms with Crippen molar-refractivity contribution in [3.63, 3.8) is 0 Å². The number of nitrogens with zero attached hydrogens (tertiary/aromatic N) is 2. The van der Waals surface area contributed by atoms with Gasteiger partial charge in [0.05, 0.1) is 19.6 Å². The minimum Gasteiger partial charge on any atom is -0.351 e. The summed E-state index contributed by atoms with van der Waals surface area (Å²) in [6.07, 6.45) is 24.9. The van der Waals surface area contributed by atoms with Crippen LogP contribution in [0.3, 0.4) is 0 Å². The molecule has 1 amide bonds. The third-order valence-electron chi connectivity index (χ3n) is 6.80. The van der Waals surface area contributed by atoms with Crippen molar-refractivity contribution in [2.24, 2.45) is 4.99 Å². The van der Waals surface area contributed by atoms with Crippen LogP contribution in [0.1, 0.15) is 117 Å². The topological polar surface area (TPSA) is 41.5 Å². The summed E-state index contributed by atoms with van der Waals surface area (Å²) in [7, 11) is 0. The van der Waals surface area contributed by atoms with Crippen LogP contribution in [0.25, 0.3) is 0 Å². The lowest BCUT2D eigenvalue weighted by Crippen LogP contribution is -2.54. The summed E-state index contributed by atoms with van der Waals surface area (Å²) in [6, 6.07) is 0. The van der Waals surface area contributed by atoms with Crippen molar-refractivity contribution < 1.29 is 9.28 Å². The molecule has 0 fully saturated rings. The molecule has 0 spiro atoms. The second-order valence-corrected chi connectivity index (χ2v) is 9.38. The van der Waals surface area contributed by atoms with Gasteiger partial charge in [0.15, 0.2) is 5.84 Å². The number of allylic oxidation sites excluding steroid dienone is 2. The minimum absolute atomic E-state index is 0.0702. The number of quaternary nitrogens is 1. The highest BCUT2D eigenvalue weighted by atomic mass is 16.1. The van der Waals surface area contributed by atoms with Crippen LogP contribution in [0.5, 0.6) is 0 Å². The first-order valence-electron chi connectivity index (χ1n) is 13.4. The minimum atomic E-state index is 0.0702. The molecule has 1 rings (SSSR count). The number of rotatable bonds is 20. The van der Waals surface area contributed by atoms with E-state index in [1.54, 1.807) is 6.92 Å². The molecule has 0 saturated heterocycles. The predicted octanol–water partition coefficient (Wildman–Crippen LogP) is 6.80. The SMILES string of the molecule is CCCCCCC/C=C/CCCCCCCCCC1=NCC[N+]1(CC)CCNC(C)=O. The largest absolute Gasteiger partial charge is 0.351 e. The molecule has 1 aliphatic heterocycles. The number of amidine groups is 1. The second-order valence-electron chi connectivity index (χ2n) is 9.38. The fraction of sp³-hybridized carbons (Fsp3) is 0.852. The molecule has 1 atom stereocenters. The zero-order valence-electron chi connectivity index (χ0n) is 21.1. The van der Waals surface area contributed by atoms with Gasteiger partial charge >= 0.3 is 0 Å². The average Bonchev–Trinajstić information content (AvgIpc) is 3.16. The maximum absolute atomic E-state index is 11.2. The number of hydrogen-bond acceptors (Lipinski definition) is 2. The highest BCUT2D eigenvalue weighted by Crippen LogP contribution is 2.20. The number of carbonyl (C=O) groups excluding carboxylic acids is 1. The van der Waals surface area contributed by atoms with Gasteiger partial charge in [-0.25, -0.2) is 4.99 Å². The highest BCUT2D eigenvalue weighted by Gasteiger charge is 2.35. The van der Waals surface area contributed by atoms with E-state index in [1.165, 1.54) is 95.7 Å². The summed E-state index contributed by atoms with van der Waals surface area (Å²) in [4.78, 5) is 16.0. The lowest BCUT2D eigenvalue weighted by Gasteiger charge is -2.33. The van der Waals surface area contributed by atoms with Gasteiger partial charge in [-0.1, -0.05) is 76.9 Å². The molecule has 0 aliphatic carbocycles. The smallest absolute Gasteiger partial charge is 0.217 e. The Hall–Kier alpha value is -1.16. The van der Waals surface area contributed by atoms with Gasteiger partial charge in [-0.2, -0.15) is 0 Å². The molecule has 4 nitrogen and oxygen atoms in total. The molecule has 0 saturated carbocycles. The maximum Gasteiger partial charge on any atom is 0.217 e. The maximum atomic E-state index is 11.2. The van der Waals surface area contributed by atoms with Gasteiger partial charge in [0.1, 0.15) is 13.1 Å². The van der Waals surface area contributed by atoms with Crippen LogP contribution in [0, 0.1) is 0 Å². The molecule has 31 heavy (non-hydrogen) atoms. The Morgan fingerprint density at radius 3 is 2.06 bits per heavy atom. The molecule has 4 heteroatoms. The van der Waals surface area contributed by atoms with Crippen LogP contribution in [0.2, 0.25) is 0 Å². The van der Waals surface area contributed by atoms with E-state index in [0.717, 1.165) is 43.6 Å². The zero-order valence-corrected chi connectivity index (χ0v) is 21.1. The first-order valence-corrected chi connectivity index (χ1v) is 13.4. The van der Waals surface area contributed by atoms with Crippen LogP contribution >= 0.6 is 0 Å². The number of amides is 1. The third-order valence-corrected chi connectivity index (χ3v) is 6.80. The van der Waals surface area contributed by atoms with Gasteiger partial charge in [-0.05, 0) is 39.0 Å².